The zero-order valence-electron chi connectivity index (χ0n) is 11.6. The molecule has 0 fully saturated rings. The largest absolute Gasteiger partial charge is 0.488 e. The number of hydrogen-bond donors (Lipinski definition) is 2. The minimum atomic E-state index is -0.00648. The summed E-state index contributed by atoms with van der Waals surface area (Å²) in [5.74, 6) is 0.996. The van der Waals surface area contributed by atoms with Gasteiger partial charge in [0.25, 0.3) is 0 Å². The molecule has 0 bridgehead atoms. The van der Waals surface area contributed by atoms with Gasteiger partial charge in [0.15, 0.2) is 0 Å². The molecule has 0 saturated heterocycles. The van der Waals surface area contributed by atoms with E-state index in [0.29, 0.717) is 0 Å². The van der Waals surface area contributed by atoms with Gasteiger partial charge in [0.1, 0.15) is 11.9 Å². The van der Waals surface area contributed by atoms with E-state index in [-0.39, 0.29) is 18.2 Å². The lowest BCUT2D eigenvalue weighted by Gasteiger charge is -2.30. The SMILES string of the molecule is CCC(C)(CCO)NCC1Cc2cc(Br)ccc2O1. The maximum absolute atomic E-state index is 9.12. The molecule has 1 aliphatic heterocycles. The van der Waals surface area contributed by atoms with E-state index in [9.17, 15) is 0 Å². The average Bonchev–Trinajstić information content (AvgIpc) is 2.79. The van der Waals surface area contributed by atoms with Gasteiger partial charge in [-0.15, -0.1) is 0 Å². The van der Waals surface area contributed by atoms with Gasteiger partial charge in [-0.3, -0.25) is 0 Å². The normalized spacial score (nSPS) is 20.7. The summed E-state index contributed by atoms with van der Waals surface area (Å²) >= 11 is 3.49. The fourth-order valence-corrected chi connectivity index (χ4v) is 2.81. The lowest BCUT2D eigenvalue weighted by Crippen LogP contribution is -2.46. The number of nitrogens with one attached hydrogen (secondary N) is 1. The summed E-state index contributed by atoms with van der Waals surface area (Å²) in [6.07, 6.45) is 2.91. The Bertz CT molecular complexity index is 438. The quantitative estimate of drug-likeness (QED) is 0.844. The summed E-state index contributed by atoms with van der Waals surface area (Å²) in [5, 5.41) is 12.7. The summed E-state index contributed by atoms with van der Waals surface area (Å²) in [5.41, 5.74) is 1.26. The van der Waals surface area contributed by atoms with Crippen molar-refractivity contribution >= 4 is 15.9 Å². The molecule has 106 valence electrons. The van der Waals surface area contributed by atoms with E-state index >= 15 is 0 Å². The van der Waals surface area contributed by atoms with Gasteiger partial charge in [-0.05, 0) is 43.5 Å². The molecule has 3 nitrogen and oxygen atoms in total. The van der Waals surface area contributed by atoms with Gasteiger partial charge in [0.05, 0.1) is 0 Å². The van der Waals surface area contributed by atoms with Crippen LogP contribution in [0.1, 0.15) is 32.3 Å². The molecule has 0 radical (unpaired) electrons. The summed E-state index contributed by atoms with van der Waals surface area (Å²) < 4.78 is 7.03. The zero-order chi connectivity index (χ0) is 13.9. The molecule has 1 aromatic rings. The van der Waals surface area contributed by atoms with Crippen molar-refractivity contribution in [3.05, 3.63) is 28.2 Å². The molecule has 19 heavy (non-hydrogen) atoms. The van der Waals surface area contributed by atoms with E-state index in [2.05, 4.69) is 41.2 Å². The molecule has 0 saturated carbocycles. The van der Waals surface area contributed by atoms with Crippen LogP contribution in [0.2, 0.25) is 0 Å². The standard InChI is InChI=1S/C15H22BrNO2/c1-3-15(2,6-7-18)17-10-13-9-11-8-12(16)4-5-14(11)19-13/h4-5,8,13,17-18H,3,6-7,9-10H2,1-2H3. The first kappa shape index (κ1) is 14.8. The van der Waals surface area contributed by atoms with Crippen LogP contribution in [0, 0.1) is 0 Å². The van der Waals surface area contributed by atoms with Crippen LogP contribution in [0.25, 0.3) is 0 Å². The van der Waals surface area contributed by atoms with Crippen LogP contribution in [-0.4, -0.2) is 29.9 Å². The lowest BCUT2D eigenvalue weighted by atomic mass is 9.94. The number of fused-ring (bicyclic) bond motifs is 1. The molecule has 1 heterocycles. The van der Waals surface area contributed by atoms with Crippen LogP contribution in [-0.2, 0) is 6.42 Å². The maximum atomic E-state index is 9.12. The summed E-state index contributed by atoms with van der Waals surface area (Å²) in [6.45, 7) is 5.33. The Morgan fingerprint density at radius 1 is 1.53 bits per heavy atom. The Morgan fingerprint density at radius 3 is 3.00 bits per heavy atom. The van der Waals surface area contributed by atoms with Crippen molar-refractivity contribution in [1.82, 2.24) is 5.32 Å². The van der Waals surface area contributed by atoms with E-state index in [1.807, 2.05) is 12.1 Å². The zero-order valence-corrected chi connectivity index (χ0v) is 13.2. The second-order valence-corrected chi connectivity index (χ2v) is 6.38. The van der Waals surface area contributed by atoms with E-state index in [1.165, 1.54) is 5.56 Å². The fraction of sp³-hybridized carbons (Fsp3) is 0.600. The number of aliphatic hydroxyl groups is 1. The molecule has 0 aliphatic carbocycles. The third kappa shape index (κ3) is 3.71. The smallest absolute Gasteiger partial charge is 0.123 e. The van der Waals surface area contributed by atoms with Crippen molar-refractivity contribution in [2.24, 2.45) is 0 Å². The number of rotatable bonds is 6. The number of benzene rings is 1. The van der Waals surface area contributed by atoms with Crippen molar-refractivity contribution in [2.75, 3.05) is 13.2 Å². The van der Waals surface area contributed by atoms with Gasteiger partial charge in [-0.2, -0.15) is 0 Å². The Morgan fingerprint density at radius 2 is 2.32 bits per heavy atom. The molecule has 0 spiro atoms. The van der Waals surface area contributed by atoms with Gasteiger partial charge in [0, 0.05) is 29.6 Å². The Labute approximate surface area is 123 Å². The molecular weight excluding hydrogens is 306 g/mol. The van der Waals surface area contributed by atoms with E-state index in [0.717, 1.165) is 36.0 Å². The van der Waals surface area contributed by atoms with Crippen molar-refractivity contribution in [2.45, 2.75) is 44.8 Å². The van der Waals surface area contributed by atoms with Crippen LogP contribution < -0.4 is 10.1 Å². The molecule has 2 N–H and O–H groups in total. The molecule has 0 amide bonds. The van der Waals surface area contributed by atoms with Crippen LogP contribution in [0.15, 0.2) is 22.7 Å². The molecule has 2 unspecified atom stereocenters. The van der Waals surface area contributed by atoms with Gasteiger partial charge in [0.2, 0.25) is 0 Å². The third-order valence-corrected chi connectivity index (χ3v) is 4.46. The van der Waals surface area contributed by atoms with Crippen LogP contribution >= 0.6 is 15.9 Å². The highest BCUT2D eigenvalue weighted by Gasteiger charge is 2.27. The molecule has 1 aromatic carbocycles. The topological polar surface area (TPSA) is 41.5 Å². The van der Waals surface area contributed by atoms with Gasteiger partial charge in [-0.1, -0.05) is 22.9 Å². The van der Waals surface area contributed by atoms with E-state index in [4.69, 9.17) is 9.84 Å². The first-order valence-electron chi connectivity index (χ1n) is 6.87. The number of ether oxygens (including phenoxy) is 1. The number of aliphatic hydroxyl groups excluding tert-OH is 1. The minimum absolute atomic E-state index is 0.00648. The van der Waals surface area contributed by atoms with Crippen molar-refractivity contribution in [3.63, 3.8) is 0 Å². The van der Waals surface area contributed by atoms with Gasteiger partial charge < -0.3 is 15.2 Å². The van der Waals surface area contributed by atoms with Crippen LogP contribution in [0.4, 0.5) is 0 Å². The Hall–Kier alpha value is -0.580. The minimum Gasteiger partial charge on any atom is -0.488 e. The fourth-order valence-electron chi connectivity index (χ4n) is 2.40. The highest BCUT2D eigenvalue weighted by atomic mass is 79.9. The first-order valence-corrected chi connectivity index (χ1v) is 7.66. The summed E-state index contributed by atoms with van der Waals surface area (Å²) in [7, 11) is 0. The molecule has 1 aliphatic rings. The molecule has 2 atom stereocenters. The lowest BCUT2D eigenvalue weighted by molar-refractivity contribution is 0.177. The van der Waals surface area contributed by atoms with Crippen LogP contribution in [0.5, 0.6) is 5.75 Å². The number of halogens is 1. The van der Waals surface area contributed by atoms with Gasteiger partial charge >= 0.3 is 0 Å². The molecule has 2 rings (SSSR count). The van der Waals surface area contributed by atoms with Crippen molar-refractivity contribution in [1.29, 1.82) is 0 Å². The van der Waals surface area contributed by atoms with Gasteiger partial charge in [-0.25, -0.2) is 0 Å². The monoisotopic (exact) mass is 327 g/mol. The number of hydrogen-bond acceptors (Lipinski definition) is 3. The Kier molecular flexibility index (Phi) is 4.87. The highest BCUT2D eigenvalue weighted by Crippen LogP contribution is 2.31. The van der Waals surface area contributed by atoms with E-state index in [1.54, 1.807) is 0 Å². The predicted octanol–water partition coefficient (Wildman–Crippen LogP) is 2.89. The Balaban J connectivity index is 1.90. The summed E-state index contributed by atoms with van der Waals surface area (Å²) in [6, 6.07) is 6.16. The van der Waals surface area contributed by atoms with Crippen LogP contribution in [0.3, 0.4) is 0 Å². The van der Waals surface area contributed by atoms with Crippen molar-refractivity contribution in [3.8, 4) is 5.75 Å². The van der Waals surface area contributed by atoms with Crippen molar-refractivity contribution < 1.29 is 9.84 Å². The second-order valence-electron chi connectivity index (χ2n) is 5.46. The molecular formula is C15H22BrNO2. The maximum Gasteiger partial charge on any atom is 0.123 e. The third-order valence-electron chi connectivity index (χ3n) is 3.96. The summed E-state index contributed by atoms with van der Waals surface area (Å²) in [4.78, 5) is 0. The highest BCUT2D eigenvalue weighted by molar-refractivity contribution is 9.10. The first-order chi connectivity index (χ1) is 9.06. The second kappa shape index (κ2) is 6.25. The predicted molar refractivity (Wildman–Crippen MR) is 80.7 cm³/mol. The average molecular weight is 328 g/mol. The molecule has 4 heteroatoms. The van der Waals surface area contributed by atoms with E-state index < -0.39 is 0 Å². The molecule has 0 aromatic heterocycles.